The van der Waals surface area contributed by atoms with Crippen LogP contribution in [0.2, 0.25) is 0 Å². The number of benzene rings is 10. The Bertz CT molecular complexity index is 3830. The van der Waals surface area contributed by atoms with Crippen LogP contribution in [0, 0.1) is 0 Å². The molecule has 3 aromatic heterocycles. The van der Waals surface area contributed by atoms with Gasteiger partial charge in [-0.2, -0.15) is 0 Å². The van der Waals surface area contributed by atoms with Crippen molar-refractivity contribution in [3.8, 4) is 27.9 Å². The van der Waals surface area contributed by atoms with E-state index in [-0.39, 0.29) is 0 Å². The summed E-state index contributed by atoms with van der Waals surface area (Å²) in [5.41, 5.74) is 14.1. The van der Waals surface area contributed by atoms with Gasteiger partial charge in [0.2, 0.25) is 0 Å². The normalized spacial score (nSPS) is 11.9. The van der Waals surface area contributed by atoms with Crippen LogP contribution in [0.25, 0.3) is 104 Å². The summed E-state index contributed by atoms with van der Waals surface area (Å²) >= 11 is 0. The highest BCUT2D eigenvalue weighted by Gasteiger charge is 2.26. The van der Waals surface area contributed by atoms with Gasteiger partial charge in [0.05, 0.1) is 22.4 Å². The first-order valence-electron chi connectivity index (χ1n) is 21.1. The lowest BCUT2D eigenvalue weighted by molar-refractivity contribution is 0.669. The monoisotopic (exact) mass is 792 g/mol. The molecule has 4 nitrogen and oxygen atoms in total. The van der Waals surface area contributed by atoms with Crippen LogP contribution in [0.4, 0.5) is 17.1 Å². The van der Waals surface area contributed by atoms with Crippen LogP contribution in [0.1, 0.15) is 0 Å². The summed E-state index contributed by atoms with van der Waals surface area (Å²) in [5.74, 6) is 0. The zero-order chi connectivity index (χ0) is 40.7. The second-order valence-electron chi connectivity index (χ2n) is 16.0. The summed E-state index contributed by atoms with van der Waals surface area (Å²) in [5, 5.41) is 9.19. The Kier molecular flexibility index (Phi) is 7.57. The van der Waals surface area contributed by atoms with E-state index in [1.54, 1.807) is 0 Å². The van der Waals surface area contributed by atoms with E-state index in [2.05, 4.69) is 210 Å². The smallest absolute Gasteiger partial charge is 0.145 e. The van der Waals surface area contributed by atoms with Crippen molar-refractivity contribution in [1.82, 2.24) is 4.57 Å². The summed E-state index contributed by atoms with van der Waals surface area (Å²) in [4.78, 5) is 2.41. The van der Waals surface area contributed by atoms with Gasteiger partial charge in [-0.05, 0) is 83.1 Å². The molecule has 0 atom stereocenters. The first kappa shape index (κ1) is 34.5. The summed E-state index contributed by atoms with van der Waals surface area (Å²) in [7, 11) is 0. The molecule has 0 aliphatic rings. The molecule has 3 heterocycles. The van der Waals surface area contributed by atoms with Gasteiger partial charge in [0, 0.05) is 60.4 Å². The molecule has 0 spiro atoms. The number of nitrogens with zero attached hydrogens (tertiary/aromatic N) is 2. The molecule has 0 N–H and O–H groups in total. The van der Waals surface area contributed by atoms with Crippen LogP contribution < -0.4 is 4.90 Å². The van der Waals surface area contributed by atoms with Crippen LogP contribution in [-0.2, 0) is 0 Å². The highest BCUT2D eigenvalue weighted by molar-refractivity contribution is 6.15. The minimum absolute atomic E-state index is 0.843. The minimum Gasteiger partial charge on any atom is -0.455 e. The second kappa shape index (κ2) is 13.6. The van der Waals surface area contributed by atoms with Gasteiger partial charge in [-0.15, -0.1) is 0 Å². The number of hydrogen-bond acceptors (Lipinski definition) is 3. The molecule has 0 fully saturated rings. The molecule has 0 saturated heterocycles. The minimum atomic E-state index is 0.843. The van der Waals surface area contributed by atoms with E-state index >= 15 is 0 Å². The number of rotatable bonds is 6. The van der Waals surface area contributed by atoms with Crippen molar-refractivity contribution in [2.24, 2.45) is 0 Å². The third kappa shape index (κ3) is 5.20. The van der Waals surface area contributed by atoms with Crippen molar-refractivity contribution < 1.29 is 8.83 Å². The maximum atomic E-state index is 6.95. The van der Waals surface area contributed by atoms with Gasteiger partial charge in [0.25, 0.3) is 0 Å². The third-order valence-electron chi connectivity index (χ3n) is 12.6. The van der Waals surface area contributed by atoms with Gasteiger partial charge in [-0.1, -0.05) is 152 Å². The Morgan fingerprint density at radius 1 is 0.355 bits per heavy atom. The van der Waals surface area contributed by atoms with Gasteiger partial charge in [0.15, 0.2) is 0 Å². The van der Waals surface area contributed by atoms with E-state index in [4.69, 9.17) is 8.83 Å². The van der Waals surface area contributed by atoms with Crippen molar-refractivity contribution in [2.75, 3.05) is 4.90 Å². The second-order valence-corrected chi connectivity index (χ2v) is 16.0. The molecule has 13 rings (SSSR count). The fourth-order valence-electron chi connectivity index (χ4n) is 9.80. The lowest BCUT2D eigenvalue weighted by atomic mass is 9.96. The van der Waals surface area contributed by atoms with Crippen molar-refractivity contribution in [3.05, 3.63) is 218 Å². The number of furan rings is 2. The van der Waals surface area contributed by atoms with Crippen LogP contribution >= 0.6 is 0 Å². The van der Waals surface area contributed by atoms with Crippen molar-refractivity contribution >= 4 is 93.5 Å². The highest BCUT2D eigenvalue weighted by atomic mass is 16.3. The lowest BCUT2D eigenvalue weighted by Crippen LogP contribution is -2.12. The van der Waals surface area contributed by atoms with E-state index in [9.17, 15) is 0 Å². The van der Waals surface area contributed by atoms with Crippen LogP contribution in [0.3, 0.4) is 0 Å². The van der Waals surface area contributed by atoms with Crippen molar-refractivity contribution in [1.29, 1.82) is 0 Å². The van der Waals surface area contributed by atoms with E-state index in [1.165, 1.54) is 27.2 Å². The largest absolute Gasteiger partial charge is 0.455 e. The fraction of sp³-hybridized carbons (Fsp3) is 0. The Morgan fingerprint density at radius 3 is 1.66 bits per heavy atom. The van der Waals surface area contributed by atoms with Gasteiger partial charge >= 0.3 is 0 Å². The van der Waals surface area contributed by atoms with E-state index in [0.29, 0.717) is 0 Å². The summed E-state index contributed by atoms with van der Waals surface area (Å²) in [6.07, 6.45) is 0. The molecule has 62 heavy (non-hydrogen) atoms. The molecule has 0 aliphatic carbocycles. The first-order chi connectivity index (χ1) is 30.8. The van der Waals surface area contributed by atoms with Gasteiger partial charge in [-0.3, -0.25) is 0 Å². The Labute approximate surface area is 356 Å². The molecule has 0 amide bonds. The van der Waals surface area contributed by atoms with E-state index in [1.807, 2.05) is 18.2 Å². The Balaban J connectivity index is 1.09. The number of anilines is 3. The zero-order valence-corrected chi connectivity index (χ0v) is 33.5. The van der Waals surface area contributed by atoms with Gasteiger partial charge in [0.1, 0.15) is 22.3 Å². The van der Waals surface area contributed by atoms with Gasteiger partial charge in [-0.25, -0.2) is 0 Å². The maximum Gasteiger partial charge on any atom is 0.145 e. The maximum absolute atomic E-state index is 6.95. The predicted molar refractivity (Wildman–Crippen MR) is 258 cm³/mol. The highest BCUT2D eigenvalue weighted by Crippen LogP contribution is 2.50. The van der Waals surface area contributed by atoms with Crippen LogP contribution in [0.5, 0.6) is 0 Å². The molecule has 0 unspecified atom stereocenters. The van der Waals surface area contributed by atoms with Crippen LogP contribution in [-0.4, -0.2) is 4.57 Å². The van der Waals surface area contributed by atoms with Crippen LogP contribution in [0.15, 0.2) is 227 Å². The number of aromatic nitrogens is 1. The summed E-state index contributed by atoms with van der Waals surface area (Å²) < 4.78 is 16.0. The molecule has 0 aliphatic heterocycles. The number of hydrogen-bond donors (Lipinski definition) is 0. The average Bonchev–Trinajstić information content (AvgIpc) is 4.02. The third-order valence-corrected chi connectivity index (χ3v) is 12.6. The summed E-state index contributed by atoms with van der Waals surface area (Å²) in [6, 6.07) is 77.9. The molecule has 0 saturated carbocycles. The molecule has 13 aromatic rings. The van der Waals surface area contributed by atoms with E-state index in [0.717, 1.165) is 94.3 Å². The number of para-hydroxylation sites is 6. The molecule has 290 valence electrons. The average molecular weight is 793 g/mol. The number of fused-ring (bicyclic) bond motifs is 10. The SMILES string of the molecule is c1ccc(N(c2ccc3ccccc3c2)c2ccc3c(oc4ccccc43)c2-c2ccc(-n3c4ccccc4c4ccccc43)cc2)c(-c2cccc3c2oc2ccccc23)c1. The lowest BCUT2D eigenvalue weighted by Gasteiger charge is -2.30. The predicted octanol–water partition coefficient (Wildman–Crippen LogP) is 16.5. The fourth-order valence-corrected chi connectivity index (χ4v) is 9.80. The standard InChI is InChI=1S/C58H36N2O2/c1-2-15-39-36-41(33-28-37(39)14-1)60(52-25-10-5-18-44(52)47-21-13-22-48-45-19-6-11-26-54(45)61-57(47)48)53-35-34-49-46-20-7-12-27-55(46)62-58(49)56(53)38-29-31-40(32-30-38)59-50-23-8-3-16-42(50)43-17-4-9-24-51(43)59/h1-36H. The zero-order valence-electron chi connectivity index (χ0n) is 33.5. The topological polar surface area (TPSA) is 34.5 Å². The quantitative estimate of drug-likeness (QED) is 0.168. The molecule has 4 heteroatoms. The Morgan fingerprint density at radius 2 is 0.919 bits per heavy atom. The first-order valence-corrected chi connectivity index (χ1v) is 21.1. The van der Waals surface area contributed by atoms with Crippen molar-refractivity contribution in [3.63, 3.8) is 0 Å². The van der Waals surface area contributed by atoms with Gasteiger partial charge < -0.3 is 18.3 Å². The molecule has 0 radical (unpaired) electrons. The molecule has 10 aromatic carbocycles. The Hall–Kier alpha value is -8.34. The molecular formula is C58H36N2O2. The van der Waals surface area contributed by atoms with Crippen molar-refractivity contribution in [2.45, 2.75) is 0 Å². The molecular weight excluding hydrogens is 757 g/mol. The molecule has 0 bridgehead atoms. The van der Waals surface area contributed by atoms with E-state index < -0.39 is 0 Å². The summed E-state index contributed by atoms with van der Waals surface area (Å²) in [6.45, 7) is 0.